The highest BCUT2D eigenvalue weighted by Crippen LogP contribution is 2.48. The predicted molar refractivity (Wildman–Crippen MR) is 117 cm³/mol. The minimum absolute atomic E-state index is 0.0226. The van der Waals surface area contributed by atoms with E-state index in [0.717, 1.165) is 33.4 Å². The lowest BCUT2D eigenvalue weighted by molar-refractivity contribution is 0.101. The summed E-state index contributed by atoms with van der Waals surface area (Å²) in [6.45, 7) is 1.57. The van der Waals surface area contributed by atoms with Crippen LogP contribution in [0.15, 0.2) is 89.8 Å². The summed E-state index contributed by atoms with van der Waals surface area (Å²) in [5.41, 5.74) is 6.19. The number of sulfone groups is 1. The molecule has 29 heavy (non-hydrogen) atoms. The number of hydrogen-bond acceptors (Lipinski definition) is 3. The molecule has 3 nitrogen and oxygen atoms in total. The van der Waals surface area contributed by atoms with Gasteiger partial charge in [0.2, 0.25) is 0 Å². The third-order valence-corrected chi connectivity index (χ3v) is 6.19. The van der Waals surface area contributed by atoms with Crippen LogP contribution in [0.3, 0.4) is 0 Å². The van der Waals surface area contributed by atoms with Gasteiger partial charge in [-0.3, -0.25) is 4.79 Å². The first-order valence-electron chi connectivity index (χ1n) is 9.29. The number of Topliss-reactive ketones (excluding diaryl/α,β-unsaturated/α-hetero) is 1. The molecule has 2 aromatic rings. The third kappa shape index (κ3) is 3.47. The van der Waals surface area contributed by atoms with Crippen molar-refractivity contribution in [3.8, 4) is 33.4 Å². The van der Waals surface area contributed by atoms with E-state index >= 15 is 0 Å². The lowest BCUT2D eigenvalue weighted by Crippen LogP contribution is -1.97. The summed E-state index contributed by atoms with van der Waals surface area (Å²) < 4.78 is 23.7. The number of hydrogen-bond donors (Lipinski definition) is 0. The maximum atomic E-state index is 12.7. The standard InChI is InChI=1S/C25H20O3S/c1-17(26)23-21-11-7-4-8-12-22(21)24(18-9-5-3-6-10-18)25(23)19-13-15-20(16-14-19)29(2,27)28/h3-16H,1-2H3. The van der Waals surface area contributed by atoms with E-state index in [0.29, 0.717) is 5.56 Å². The Bertz CT molecular complexity index is 1270. The quantitative estimate of drug-likeness (QED) is 0.411. The second-order valence-corrected chi connectivity index (χ2v) is 9.10. The number of fused-ring (bicyclic) bond motifs is 1. The summed E-state index contributed by atoms with van der Waals surface area (Å²) in [5.74, 6) is -0.0226. The first-order chi connectivity index (χ1) is 13.9. The van der Waals surface area contributed by atoms with Gasteiger partial charge in [0.1, 0.15) is 0 Å². The molecule has 2 aromatic carbocycles. The Kier molecular flexibility index (Phi) is 4.81. The number of carbonyl (C=O) groups is 1. The molecule has 2 aliphatic rings. The van der Waals surface area contributed by atoms with Gasteiger partial charge in [0.25, 0.3) is 0 Å². The largest absolute Gasteiger partial charge is 0.294 e. The van der Waals surface area contributed by atoms with Crippen LogP contribution >= 0.6 is 0 Å². The molecule has 0 amide bonds. The van der Waals surface area contributed by atoms with Crippen LogP contribution in [0, 0.1) is 0 Å². The summed E-state index contributed by atoms with van der Waals surface area (Å²) in [5, 5.41) is 0. The topological polar surface area (TPSA) is 51.2 Å². The predicted octanol–water partition coefficient (Wildman–Crippen LogP) is 5.73. The molecule has 4 heteroatoms. The molecular formula is C25H20O3S. The summed E-state index contributed by atoms with van der Waals surface area (Å²) in [7, 11) is -3.29. The highest BCUT2D eigenvalue weighted by molar-refractivity contribution is 7.90. The van der Waals surface area contributed by atoms with Crippen molar-refractivity contribution in [1.82, 2.24) is 0 Å². The van der Waals surface area contributed by atoms with Crippen LogP contribution in [-0.2, 0) is 9.84 Å². The number of benzene rings is 2. The summed E-state index contributed by atoms with van der Waals surface area (Å²) in [4.78, 5) is 13.0. The molecule has 0 saturated carbocycles. The SMILES string of the molecule is CC(=O)c1c2cccccc-2c(-c2ccccc2)c1-c1ccc(S(C)(=O)=O)cc1. The van der Waals surface area contributed by atoms with Crippen molar-refractivity contribution in [2.24, 2.45) is 0 Å². The maximum Gasteiger partial charge on any atom is 0.175 e. The van der Waals surface area contributed by atoms with E-state index in [1.165, 1.54) is 6.26 Å². The molecule has 0 spiro atoms. The zero-order chi connectivity index (χ0) is 20.6. The van der Waals surface area contributed by atoms with E-state index in [1.807, 2.05) is 60.7 Å². The molecule has 0 saturated heterocycles. The lowest BCUT2D eigenvalue weighted by Gasteiger charge is -2.09. The number of rotatable bonds is 4. The average Bonchev–Trinajstić information content (AvgIpc) is 2.84. The van der Waals surface area contributed by atoms with Gasteiger partial charge in [0.05, 0.1) is 4.90 Å². The maximum absolute atomic E-state index is 12.7. The molecule has 0 N–H and O–H groups in total. The van der Waals surface area contributed by atoms with Crippen LogP contribution in [0.1, 0.15) is 17.3 Å². The second kappa shape index (κ2) is 7.30. The summed E-state index contributed by atoms with van der Waals surface area (Å²) >= 11 is 0. The van der Waals surface area contributed by atoms with Gasteiger partial charge < -0.3 is 0 Å². The van der Waals surface area contributed by atoms with Crippen molar-refractivity contribution in [3.05, 3.63) is 90.5 Å². The van der Waals surface area contributed by atoms with Gasteiger partial charge in [-0.1, -0.05) is 72.8 Å². The minimum atomic E-state index is -3.29. The van der Waals surface area contributed by atoms with E-state index in [4.69, 9.17) is 0 Å². The Hall–Kier alpha value is -3.24. The lowest BCUT2D eigenvalue weighted by atomic mass is 9.95. The molecular weight excluding hydrogens is 380 g/mol. The zero-order valence-corrected chi connectivity index (χ0v) is 17.0. The normalized spacial score (nSPS) is 11.5. The Morgan fingerprint density at radius 3 is 1.72 bits per heavy atom. The number of ketones is 1. The van der Waals surface area contributed by atoms with Crippen LogP contribution in [0.4, 0.5) is 0 Å². The zero-order valence-electron chi connectivity index (χ0n) is 16.2. The highest BCUT2D eigenvalue weighted by atomic mass is 32.2. The fraction of sp³-hybridized carbons (Fsp3) is 0.0800. The van der Waals surface area contributed by atoms with Crippen LogP contribution in [0.25, 0.3) is 33.4 Å². The van der Waals surface area contributed by atoms with Crippen molar-refractivity contribution in [1.29, 1.82) is 0 Å². The molecule has 0 fully saturated rings. The Morgan fingerprint density at radius 1 is 0.655 bits per heavy atom. The van der Waals surface area contributed by atoms with E-state index in [1.54, 1.807) is 31.2 Å². The van der Waals surface area contributed by atoms with Crippen LogP contribution < -0.4 is 0 Å². The van der Waals surface area contributed by atoms with Gasteiger partial charge in [0, 0.05) is 17.4 Å². The summed E-state index contributed by atoms with van der Waals surface area (Å²) in [6.07, 6.45) is 1.19. The Morgan fingerprint density at radius 2 is 1.17 bits per heavy atom. The molecule has 2 aliphatic carbocycles. The first kappa shape index (κ1) is 19.1. The molecule has 0 aromatic heterocycles. The summed E-state index contributed by atoms with van der Waals surface area (Å²) in [6, 6.07) is 26.6. The Labute approximate surface area is 170 Å². The molecule has 0 aliphatic heterocycles. The van der Waals surface area contributed by atoms with Gasteiger partial charge in [-0.2, -0.15) is 0 Å². The van der Waals surface area contributed by atoms with E-state index in [9.17, 15) is 13.2 Å². The van der Waals surface area contributed by atoms with Crippen LogP contribution in [0.5, 0.6) is 0 Å². The smallest absolute Gasteiger partial charge is 0.175 e. The van der Waals surface area contributed by atoms with Gasteiger partial charge >= 0.3 is 0 Å². The average molecular weight is 400 g/mol. The van der Waals surface area contributed by atoms with Gasteiger partial charge in [0.15, 0.2) is 15.6 Å². The molecule has 0 atom stereocenters. The molecule has 0 heterocycles. The van der Waals surface area contributed by atoms with Crippen molar-refractivity contribution in [2.45, 2.75) is 11.8 Å². The molecule has 0 bridgehead atoms. The van der Waals surface area contributed by atoms with Crippen LogP contribution in [-0.4, -0.2) is 20.5 Å². The van der Waals surface area contributed by atoms with E-state index in [-0.39, 0.29) is 10.7 Å². The first-order valence-corrected chi connectivity index (χ1v) is 11.2. The molecule has 0 unspecified atom stereocenters. The van der Waals surface area contributed by atoms with Crippen molar-refractivity contribution in [2.75, 3.05) is 6.26 Å². The molecule has 144 valence electrons. The van der Waals surface area contributed by atoms with Crippen molar-refractivity contribution >= 4 is 15.6 Å². The third-order valence-electron chi connectivity index (χ3n) is 5.06. The van der Waals surface area contributed by atoms with Gasteiger partial charge in [-0.15, -0.1) is 0 Å². The fourth-order valence-corrected chi connectivity index (χ4v) is 4.44. The van der Waals surface area contributed by atoms with E-state index in [2.05, 4.69) is 0 Å². The Balaban J connectivity index is 2.10. The second-order valence-electron chi connectivity index (χ2n) is 7.08. The molecule has 4 rings (SSSR count). The van der Waals surface area contributed by atoms with Crippen LogP contribution in [0.2, 0.25) is 0 Å². The van der Waals surface area contributed by atoms with E-state index < -0.39 is 9.84 Å². The monoisotopic (exact) mass is 400 g/mol. The number of carbonyl (C=O) groups excluding carboxylic acids is 1. The van der Waals surface area contributed by atoms with Gasteiger partial charge in [-0.25, -0.2) is 8.42 Å². The van der Waals surface area contributed by atoms with Crippen molar-refractivity contribution in [3.63, 3.8) is 0 Å². The minimum Gasteiger partial charge on any atom is -0.294 e. The highest BCUT2D eigenvalue weighted by Gasteiger charge is 2.26. The van der Waals surface area contributed by atoms with Gasteiger partial charge in [-0.05, 0) is 46.9 Å². The fourth-order valence-electron chi connectivity index (χ4n) is 3.81. The molecule has 0 radical (unpaired) electrons. The van der Waals surface area contributed by atoms with Crippen molar-refractivity contribution < 1.29 is 13.2 Å².